The van der Waals surface area contributed by atoms with Crippen molar-refractivity contribution in [2.24, 2.45) is 0 Å². The summed E-state index contributed by atoms with van der Waals surface area (Å²) < 4.78 is 31.4. The molecule has 1 heterocycles. The van der Waals surface area contributed by atoms with Crippen LogP contribution in [0, 0.1) is 6.92 Å². The Morgan fingerprint density at radius 1 is 0.808 bits per heavy atom. The summed E-state index contributed by atoms with van der Waals surface area (Å²) >= 11 is 0. The van der Waals surface area contributed by atoms with Crippen LogP contribution in [0.5, 0.6) is 0 Å². The lowest BCUT2D eigenvalue weighted by atomic mass is 9.98. The molecule has 0 unspecified atom stereocenters. The Morgan fingerprint density at radius 3 is 1.77 bits per heavy atom. The summed E-state index contributed by atoms with van der Waals surface area (Å²) in [5, 5.41) is 0. The number of hydrogen-bond donors (Lipinski definition) is 0. The third-order valence-electron chi connectivity index (χ3n) is 3.23. The van der Waals surface area contributed by atoms with Crippen LogP contribution in [-0.4, -0.2) is 67.8 Å². The predicted molar refractivity (Wildman–Crippen MR) is 83.3 cm³/mol. The Kier molecular flexibility index (Phi) is 8.46. The number of ether oxygens (including phenoxy) is 6. The maximum absolute atomic E-state index is 11.5. The monoisotopic (exact) mass is 375 g/mol. The lowest BCUT2D eigenvalue weighted by Crippen LogP contribution is -2.62. The van der Waals surface area contributed by atoms with Crippen LogP contribution in [0.1, 0.15) is 27.7 Å². The maximum Gasteiger partial charge on any atom is 0.303 e. The molecule has 0 N–H and O–H groups in total. The molecular formula is C16H23O10. The summed E-state index contributed by atoms with van der Waals surface area (Å²) in [5.74, 6) is -2.67. The van der Waals surface area contributed by atoms with Gasteiger partial charge in [0.15, 0.2) is 24.6 Å². The van der Waals surface area contributed by atoms with Gasteiger partial charge in [0.2, 0.25) is 0 Å². The molecule has 0 aromatic carbocycles. The maximum atomic E-state index is 11.5. The summed E-state index contributed by atoms with van der Waals surface area (Å²) in [6.07, 6.45) is -5.82. The molecule has 0 bridgehead atoms. The third-order valence-corrected chi connectivity index (χ3v) is 3.23. The normalized spacial score (nSPS) is 28.0. The van der Waals surface area contributed by atoms with E-state index in [0.717, 1.165) is 20.8 Å². The smallest absolute Gasteiger partial charge is 0.303 e. The highest BCUT2D eigenvalue weighted by Crippen LogP contribution is 2.29. The minimum Gasteiger partial charge on any atom is -0.463 e. The molecule has 26 heavy (non-hydrogen) atoms. The van der Waals surface area contributed by atoms with Crippen molar-refractivity contribution >= 4 is 23.9 Å². The molecule has 10 nitrogen and oxygen atoms in total. The Labute approximate surface area is 151 Å². The first-order valence-corrected chi connectivity index (χ1v) is 7.87. The van der Waals surface area contributed by atoms with Crippen molar-refractivity contribution in [1.29, 1.82) is 0 Å². The molecule has 0 spiro atoms. The van der Waals surface area contributed by atoms with Gasteiger partial charge in [-0.2, -0.15) is 0 Å². The number of esters is 4. The Balaban J connectivity index is 3.22. The summed E-state index contributed by atoms with van der Waals surface area (Å²) in [7, 11) is 0. The van der Waals surface area contributed by atoms with Crippen LogP contribution in [0.3, 0.4) is 0 Å². The van der Waals surface area contributed by atoms with Crippen LogP contribution in [0.4, 0.5) is 0 Å². The van der Waals surface area contributed by atoms with Gasteiger partial charge in [-0.25, -0.2) is 0 Å². The first-order valence-electron chi connectivity index (χ1n) is 7.87. The van der Waals surface area contributed by atoms with Crippen LogP contribution in [0.15, 0.2) is 0 Å². The second-order valence-corrected chi connectivity index (χ2v) is 5.44. The zero-order valence-corrected chi connectivity index (χ0v) is 15.1. The van der Waals surface area contributed by atoms with Gasteiger partial charge in [0.05, 0.1) is 0 Å². The molecule has 1 rings (SSSR count). The minimum absolute atomic E-state index is 0.0479. The van der Waals surface area contributed by atoms with E-state index in [2.05, 4.69) is 6.92 Å². The summed E-state index contributed by atoms with van der Waals surface area (Å²) in [6, 6.07) is 0. The van der Waals surface area contributed by atoms with Crippen LogP contribution in [0.2, 0.25) is 0 Å². The van der Waals surface area contributed by atoms with Crippen LogP contribution >= 0.6 is 0 Å². The van der Waals surface area contributed by atoms with Crippen LogP contribution < -0.4 is 0 Å². The van der Waals surface area contributed by atoms with Gasteiger partial charge in [-0.3, -0.25) is 19.2 Å². The fourth-order valence-electron chi connectivity index (χ4n) is 2.44. The molecular weight excluding hydrogens is 352 g/mol. The van der Waals surface area contributed by atoms with Crippen LogP contribution in [-0.2, 0) is 47.6 Å². The van der Waals surface area contributed by atoms with Gasteiger partial charge in [-0.15, -0.1) is 0 Å². The van der Waals surface area contributed by atoms with E-state index in [4.69, 9.17) is 28.4 Å². The fraction of sp³-hybridized carbons (Fsp3) is 0.688. The molecule has 1 saturated heterocycles. The van der Waals surface area contributed by atoms with E-state index >= 15 is 0 Å². The highest BCUT2D eigenvalue weighted by atomic mass is 16.7. The quantitative estimate of drug-likeness (QED) is 0.441. The van der Waals surface area contributed by atoms with E-state index in [0.29, 0.717) is 0 Å². The van der Waals surface area contributed by atoms with Crippen LogP contribution in [0.25, 0.3) is 0 Å². The highest BCUT2D eigenvalue weighted by Gasteiger charge is 2.52. The molecule has 0 aromatic rings. The van der Waals surface area contributed by atoms with E-state index in [1.165, 1.54) is 6.92 Å². The second-order valence-electron chi connectivity index (χ2n) is 5.44. The van der Waals surface area contributed by atoms with Crippen molar-refractivity contribution in [1.82, 2.24) is 0 Å². The zero-order chi connectivity index (χ0) is 19.9. The van der Waals surface area contributed by atoms with Crippen molar-refractivity contribution in [3.8, 4) is 0 Å². The molecule has 0 amide bonds. The first-order chi connectivity index (χ1) is 12.1. The Morgan fingerprint density at radius 2 is 1.31 bits per heavy atom. The molecule has 5 atom stereocenters. The third kappa shape index (κ3) is 6.60. The first kappa shape index (κ1) is 21.8. The molecule has 147 valence electrons. The molecule has 1 radical (unpaired) electrons. The van der Waals surface area contributed by atoms with Gasteiger partial charge in [0.1, 0.15) is 12.7 Å². The van der Waals surface area contributed by atoms with E-state index in [-0.39, 0.29) is 13.2 Å². The Bertz CT molecular complexity index is 531. The topological polar surface area (TPSA) is 124 Å². The van der Waals surface area contributed by atoms with Gasteiger partial charge in [-0.05, 0) is 6.92 Å². The standard InChI is InChI=1S/C16H23O10/c1-6-21-16-15(25-11(5)20)14(24-10(4)19)13(23-9(3)18)12(26-16)7-22-8(2)17/h12-16H,1,6-7H2,2-5H3/t12-,13-,14+,15+,16+/m1/s1. The van der Waals surface area contributed by atoms with Crippen molar-refractivity contribution in [2.75, 3.05) is 13.2 Å². The van der Waals surface area contributed by atoms with Crippen molar-refractivity contribution < 1.29 is 47.6 Å². The average Bonchev–Trinajstić information content (AvgIpc) is 2.50. The number of carbonyl (C=O) groups excluding carboxylic acids is 4. The zero-order valence-electron chi connectivity index (χ0n) is 15.1. The number of carbonyl (C=O) groups is 4. The van der Waals surface area contributed by atoms with Crippen molar-refractivity contribution in [2.45, 2.75) is 58.4 Å². The van der Waals surface area contributed by atoms with Crippen molar-refractivity contribution in [3.63, 3.8) is 0 Å². The lowest BCUT2D eigenvalue weighted by molar-refractivity contribution is -0.306. The van der Waals surface area contributed by atoms with Crippen molar-refractivity contribution in [3.05, 3.63) is 6.92 Å². The molecule has 0 aromatic heterocycles. The fourth-order valence-corrected chi connectivity index (χ4v) is 2.44. The SMILES string of the molecule is [CH2]CO[C@H]1O[C@H](COC(C)=O)[C@@H](OC(C)=O)[C@H](OC(C)=O)[C@@H]1OC(C)=O. The van der Waals surface area contributed by atoms with Gasteiger partial charge in [-0.1, -0.05) is 0 Å². The largest absolute Gasteiger partial charge is 0.463 e. The van der Waals surface area contributed by atoms with E-state index in [1.807, 2.05) is 0 Å². The second kappa shape index (κ2) is 10.1. The molecule has 10 heteroatoms. The summed E-state index contributed by atoms with van der Waals surface area (Å²) in [5.41, 5.74) is 0. The summed E-state index contributed by atoms with van der Waals surface area (Å²) in [4.78, 5) is 45.6. The van der Waals surface area contributed by atoms with Gasteiger partial charge < -0.3 is 28.4 Å². The van der Waals surface area contributed by atoms with E-state index in [9.17, 15) is 19.2 Å². The number of rotatable bonds is 7. The minimum atomic E-state index is -1.23. The molecule has 0 aliphatic carbocycles. The predicted octanol–water partition coefficient (Wildman–Crippen LogP) is -0.0798. The average molecular weight is 375 g/mol. The van der Waals surface area contributed by atoms with Gasteiger partial charge >= 0.3 is 23.9 Å². The van der Waals surface area contributed by atoms with E-state index < -0.39 is 54.6 Å². The van der Waals surface area contributed by atoms with Gasteiger partial charge in [0.25, 0.3) is 0 Å². The Hall–Kier alpha value is -2.20. The highest BCUT2D eigenvalue weighted by molar-refractivity contribution is 5.68. The van der Waals surface area contributed by atoms with Gasteiger partial charge in [0, 0.05) is 34.3 Å². The lowest BCUT2D eigenvalue weighted by Gasteiger charge is -2.43. The number of hydrogen-bond acceptors (Lipinski definition) is 10. The molecule has 1 aliphatic rings. The van der Waals surface area contributed by atoms with E-state index in [1.54, 1.807) is 0 Å². The molecule has 0 saturated carbocycles. The summed E-state index contributed by atoms with van der Waals surface area (Å²) in [6.45, 7) is 7.81. The molecule has 1 aliphatic heterocycles. The molecule has 1 fully saturated rings.